The first-order chi connectivity index (χ1) is 7.31. The van der Waals surface area contributed by atoms with Crippen LogP contribution in [0.5, 0.6) is 11.5 Å². The maximum atomic E-state index is 5.55. The summed E-state index contributed by atoms with van der Waals surface area (Å²) < 4.78 is 11.1. The molecule has 3 heteroatoms. The van der Waals surface area contributed by atoms with Crippen LogP contribution in [0, 0.1) is 6.92 Å². The number of hydrogen-bond acceptors (Lipinski definition) is 3. The number of aryl methyl sites for hydroxylation is 1. The lowest BCUT2D eigenvalue weighted by Gasteiger charge is -2.20. The average molecular weight is 207 g/mol. The van der Waals surface area contributed by atoms with Gasteiger partial charge < -0.3 is 14.8 Å². The lowest BCUT2D eigenvalue weighted by Crippen LogP contribution is -2.17. The zero-order chi connectivity index (χ0) is 10.7. The second-order valence-electron chi connectivity index (χ2n) is 3.70. The third-order valence-electron chi connectivity index (χ3n) is 2.57. The minimum absolute atomic E-state index is 0.650. The Kier molecular flexibility index (Phi) is 3.11. The van der Waals surface area contributed by atoms with Crippen LogP contribution in [0.3, 0.4) is 0 Å². The lowest BCUT2D eigenvalue weighted by molar-refractivity contribution is 0.171. The van der Waals surface area contributed by atoms with Crippen LogP contribution in [-0.2, 0) is 6.54 Å². The van der Waals surface area contributed by atoms with E-state index < -0.39 is 0 Å². The van der Waals surface area contributed by atoms with Crippen LogP contribution in [0.1, 0.15) is 18.1 Å². The number of hydrogen-bond donors (Lipinski definition) is 1. The fourth-order valence-electron chi connectivity index (χ4n) is 1.68. The molecule has 1 aliphatic heterocycles. The van der Waals surface area contributed by atoms with Crippen molar-refractivity contribution in [3.8, 4) is 11.5 Å². The monoisotopic (exact) mass is 207 g/mol. The number of benzene rings is 1. The molecule has 0 atom stereocenters. The molecule has 0 amide bonds. The summed E-state index contributed by atoms with van der Waals surface area (Å²) in [6, 6.07) is 4.13. The highest BCUT2D eigenvalue weighted by molar-refractivity contribution is 5.47. The molecular weight excluding hydrogens is 190 g/mol. The van der Waals surface area contributed by atoms with Gasteiger partial charge in [0.05, 0.1) is 0 Å². The molecule has 1 aromatic rings. The van der Waals surface area contributed by atoms with Crippen LogP contribution in [0.25, 0.3) is 0 Å². The van der Waals surface area contributed by atoms with Crippen LogP contribution in [-0.4, -0.2) is 19.8 Å². The van der Waals surface area contributed by atoms with Crippen molar-refractivity contribution in [3.05, 3.63) is 23.3 Å². The van der Waals surface area contributed by atoms with Gasteiger partial charge in [-0.15, -0.1) is 0 Å². The Hall–Kier alpha value is -1.22. The van der Waals surface area contributed by atoms with Crippen LogP contribution in [0.4, 0.5) is 0 Å². The van der Waals surface area contributed by atoms with E-state index >= 15 is 0 Å². The summed E-state index contributed by atoms with van der Waals surface area (Å²) in [4.78, 5) is 0. The Balaban J connectivity index is 2.24. The van der Waals surface area contributed by atoms with Gasteiger partial charge in [0.15, 0.2) is 11.5 Å². The molecule has 82 valence electrons. The number of fused-ring (bicyclic) bond motifs is 1. The molecule has 1 N–H and O–H groups in total. The summed E-state index contributed by atoms with van der Waals surface area (Å²) in [6.45, 7) is 7.38. The zero-order valence-corrected chi connectivity index (χ0v) is 9.30. The highest BCUT2D eigenvalue weighted by Gasteiger charge is 2.13. The van der Waals surface area contributed by atoms with Gasteiger partial charge in [-0.2, -0.15) is 0 Å². The van der Waals surface area contributed by atoms with Crippen molar-refractivity contribution in [2.75, 3.05) is 19.8 Å². The van der Waals surface area contributed by atoms with Gasteiger partial charge in [0.2, 0.25) is 0 Å². The van der Waals surface area contributed by atoms with Crippen LogP contribution in [0.15, 0.2) is 12.1 Å². The third-order valence-corrected chi connectivity index (χ3v) is 2.57. The summed E-state index contributed by atoms with van der Waals surface area (Å²) in [5.41, 5.74) is 2.53. The molecule has 0 radical (unpaired) electrons. The van der Waals surface area contributed by atoms with Gasteiger partial charge in [-0.05, 0) is 36.7 Å². The molecule has 3 nitrogen and oxygen atoms in total. The molecule has 0 fully saturated rings. The lowest BCUT2D eigenvalue weighted by atomic mass is 10.1. The van der Waals surface area contributed by atoms with E-state index in [4.69, 9.17) is 9.47 Å². The van der Waals surface area contributed by atoms with Gasteiger partial charge in [0.1, 0.15) is 13.2 Å². The van der Waals surface area contributed by atoms with E-state index in [-0.39, 0.29) is 0 Å². The first kappa shape index (κ1) is 10.3. The van der Waals surface area contributed by atoms with Crippen molar-refractivity contribution >= 4 is 0 Å². The van der Waals surface area contributed by atoms with Crippen molar-refractivity contribution in [3.63, 3.8) is 0 Å². The maximum Gasteiger partial charge on any atom is 0.161 e. The number of ether oxygens (including phenoxy) is 2. The molecule has 15 heavy (non-hydrogen) atoms. The van der Waals surface area contributed by atoms with Crippen molar-refractivity contribution in [1.29, 1.82) is 0 Å². The Morgan fingerprint density at radius 1 is 1.20 bits per heavy atom. The molecular formula is C12H17NO2. The largest absolute Gasteiger partial charge is 0.486 e. The molecule has 0 saturated heterocycles. The quantitative estimate of drug-likeness (QED) is 0.820. The maximum absolute atomic E-state index is 5.55. The highest BCUT2D eigenvalue weighted by atomic mass is 16.6. The normalized spacial score (nSPS) is 14.0. The Bertz CT molecular complexity index is 350. The van der Waals surface area contributed by atoms with Gasteiger partial charge in [-0.25, -0.2) is 0 Å². The van der Waals surface area contributed by atoms with Gasteiger partial charge >= 0.3 is 0 Å². The minimum atomic E-state index is 0.650. The van der Waals surface area contributed by atoms with E-state index in [1.807, 2.05) is 0 Å². The van der Waals surface area contributed by atoms with Gasteiger partial charge in [0, 0.05) is 6.54 Å². The predicted molar refractivity (Wildman–Crippen MR) is 59.5 cm³/mol. The Morgan fingerprint density at radius 2 is 1.87 bits per heavy atom. The molecule has 0 bridgehead atoms. The van der Waals surface area contributed by atoms with Crippen LogP contribution in [0.2, 0.25) is 0 Å². The van der Waals surface area contributed by atoms with E-state index in [9.17, 15) is 0 Å². The van der Waals surface area contributed by atoms with Crippen molar-refractivity contribution in [2.24, 2.45) is 0 Å². The summed E-state index contributed by atoms with van der Waals surface area (Å²) in [5, 5.41) is 3.32. The van der Waals surface area contributed by atoms with Crippen molar-refractivity contribution in [1.82, 2.24) is 5.32 Å². The molecule has 0 saturated carbocycles. The minimum Gasteiger partial charge on any atom is -0.486 e. The standard InChI is InChI=1S/C12H17NO2/c1-3-13-8-10-7-12-11(6-9(10)2)14-4-5-15-12/h6-7,13H,3-5,8H2,1-2H3. The van der Waals surface area contributed by atoms with Crippen molar-refractivity contribution in [2.45, 2.75) is 20.4 Å². The molecule has 0 unspecified atom stereocenters. The van der Waals surface area contributed by atoms with E-state index in [0.29, 0.717) is 13.2 Å². The highest BCUT2D eigenvalue weighted by Crippen LogP contribution is 2.32. The van der Waals surface area contributed by atoms with Gasteiger partial charge in [-0.1, -0.05) is 6.92 Å². The molecule has 1 aromatic carbocycles. The second-order valence-corrected chi connectivity index (χ2v) is 3.70. The number of rotatable bonds is 3. The van der Waals surface area contributed by atoms with Gasteiger partial charge in [-0.3, -0.25) is 0 Å². The topological polar surface area (TPSA) is 30.5 Å². The van der Waals surface area contributed by atoms with Crippen LogP contribution >= 0.6 is 0 Å². The molecule has 1 aliphatic rings. The summed E-state index contributed by atoms with van der Waals surface area (Å²) in [5.74, 6) is 1.75. The fourth-order valence-corrected chi connectivity index (χ4v) is 1.68. The first-order valence-electron chi connectivity index (χ1n) is 5.41. The average Bonchev–Trinajstić information content (AvgIpc) is 2.26. The van der Waals surface area contributed by atoms with Crippen molar-refractivity contribution < 1.29 is 9.47 Å². The van der Waals surface area contributed by atoms with E-state index in [1.165, 1.54) is 11.1 Å². The molecule has 0 aromatic heterocycles. The smallest absolute Gasteiger partial charge is 0.161 e. The summed E-state index contributed by atoms with van der Waals surface area (Å²) in [7, 11) is 0. The third kappa shape index (κ3) is 2.23. The van der Waals surface area contributed by atoms with Crippen LogP contribution < -0.4 is 14.8 Å². The predicted octanol–water partition coefficient (Wildman–Crippen LogP) is 1.88. The molecule has 1 heterocycles. The SMILES string of the molecule is CCNCc1cc2c(cc1C)OCCO2. The van der Waals surface area contributed by atoms with E-state index in [1.54, 1.807) is 0 Å². The Labute approximate surface area is 90.4 Å². The Morgan fingerprint density at radius 3 is 2.53 bits per heavy atom. The summed E-state index contributed by atoms with van der Waals surface area (Å²) >= 11 is 0. The van der Waals surface area contributed by atoms with Gasteiger partial charge in [0.25, 0.3) is 0 Å². The summed E-state index contributed by atoms with van der Waals surface area (Å²) in [6.07, 6.45) is 0. The first-order valence-corrected chi connectivity index (χ1v) is 5.41. The van der Waals surface area contributed by atoms with E-state index in [2.05, 4.69) is 31.3 Å². The fraction of sp³-hybridized carbons (Fsp3) is 0.500. The molecule has 0 aliphatic carbocycles. The van der Waals surface area contributed by atoms with E-state index in [0.717, 1.165) is 24.6 Å². The second kappa shape index (κ2) is 4.53. The molecule has 2 rings (SSSR count). The zero-order valence-electron chi connectivity index (χ0n) is 9.30. The number of nitrogens with one attached hydrogen (secondary N) is 1. The molecule has 0 spiro atoms.